The largest absolute Gasteiger partial charge is 0.493 e. The number of hydrogen-bond donors (Lipinski definition) is 2. The Morgan fingerprint density at radius 2 is 2.00 bits per heavy atom. The highest BCUT2D eigenvalue weighted by Gasteiger charge is 2.09. The minimum Gasteiger partial charge on any atom is -0.493 e. The van der Waals surface area contributed by atoms with Crippen molar-refractivity contribution in [1.82, 2.24) is 5.32 Å². The number of nitrogens with one attached hydrogen (secondary N) is 1. The zero-order chi connectivity index (χ0) is 13.5. The van der Waals surface area contributed by atoms with Crippen molar-refractivity contribution < 1.29 is 14.3 Å². The van der Waals surface area contributed by atoms with E-state index in [0.717, 1.165) is 5.56 Å². The van der Waals surface area contributed by atoms with Crippen molar-refractivity contribution >= 4 is 5.91 Å². The molecular formula is C13H20N2O3. The summed E-state index contributed by atoms with van der Waals surface area (Å²) in [5, 5.41) is 2.81. The summed E-state index contributed by atoms with van der Waals surface area (Å²) < 4.78 is 10.3. The molecule has 0 fully saturated rings. The molecule has 0 aromatic heterocycles. The van der Waals surface area contributed by atoms with E-state index in [4.69, 9.17) is 15.2 Å². The summed E-state index contributed by atoms with van der Waals surface area (Å²) in [5.41, 5.74) is 6.32. The van der Waals surface area contributed by atoms with Crippen LogP contribution in [0, 0.1) is 0 Å². The van der Waals surface area contributed by atoms with E-state index in [0.29, 0.717) is 24.5 Å². The van der Waals surface area contributed by atoms with Gasteiger partial charge in [-0.2, -0.15) is 0 Å². The molecule has 1 amide bonds. The van der Waals surface area contributed by atoms with Gasteiger partial charge in [-0.05, 0) is 24.6 Å². The number of rotatable bonds is 6. The Bertz CT molecular complexity index is 407. The highest BCUT2D eigenvalue weighted by Crippen LogP contribution is 2.27. The Labute approximate surface area is 107 Å². The van der Waals surface area contributed by atoms with Crippen LogP contribution >= 0.6 is 0 Å². The summed E-state index contributed by atoms with van der Waals surface area (Å²) in [6.07, 6.45) is 0.296. The number of benzene rings is 1. The summed E-state index contributed by atoms with van der Waals surface area (Å²) in [7, 11) is 3.14. The molecule has 5 nitrogen and oxygen atoms in total. The van der Waals surface area contributed by atoms with Gasteiger partial charge < -0.3 is 20.5 Å². The molecule has 0 saturated heterocycles. The smallest absolute Gasteiger partial charge is 0.224 e. The van der Waals surface area contributed by atoms with Gasteiger partial charge in [0.15, 0.2) is 11.5 Å². The van der Waals surface area contributed by atoms with Gasteiger partial charge in [-0.15, -0.1) is 0 Å². The maximum absolute atomic E-state index is 11.7. The second-order valence-electron chi connectivity index (χ2n) is 4.07. The molecule has 0 saturated carbocycles. The Morgan fingerprint density at radius 1 is 1.33 bits per heavy atom. The summed E-state index contributed by atoms with van der Waals surface area (Å²) in [6, 6.07) is 5.41. The van der Waals surface area contributed by atoms with E-state index < -0.39 is 0 Å². The molecule has 0 aliphatic heterocycles. The fraction of sp³-hybridized carbons (Fsp3) is 0.462. The van der Waals surface area contributed by atoms with Crippen LogP contribution in [0.25, 0.3) is 0 Å². The third-order valence-corrected chi connectivity index (χ3v) is 2.57. The van der Waals surface area contributed by atoms with Crippen molar-refractivity contribution in [2.24, 2.45) is 5.73 Å². The molecule has 0 heterocycles. The Kier molecular flexibility index (Phi) is 5.45. The molecule has 0 bridgehead atoms. The van der Waals surface area contributed by atoms with Crippen LogP contribution in [0.5, 0.6) is 11.5 Å². The molecule has 1 aromatic carbocycles. The lowest BCUT2D eigenvalue weighted by Gasteiger charge is -2.12. The van der Waals surface area contributed by atoms with E-state index in [2.05, 4.69) is 5.32 Å². The molecule has 0 radical (unpaired) electrons. The van der Waals surface area contributed by atoms with Crippen molar-refractivity contribution in [3.05, 3.63) is 23.8 Å². The van der Waals surface area contributed by atoms with Crippen molar-refractivity contribution in [2.75, 3.05) is 20.8 Å². The highest BCUT2D eigenvalue weighted by atomic mass is 16.5. The van der Waals surface area contributed by atoms with E-state index in [-0.39, 0.29) is 11.9 Å². The van der Waals surface area contributed by atoms with Gasteiger partial charge in [0, 0.05) is 12.6 Å². The molecule has 5 heteroatoms. The van der Waals surface area contributed by atoms with Gasteiger partial charge in [0.1, 0.15) is 0 Å². The fourth-order valence-corrected chi connectivity index (χ4v) is 1.56. The SMILES string of the molecule is COc1ccc(CC(=O)NC(C)CN)cc1OC. The topological polar surface area (TPSA) is 73.6 Å². The third kappa shape index (κ3) is 3.92. The van der Waals surface area contributed by atoms with Gasteiger partial charge in [-0.3, -0.25) is 4.79 Å². The highest BCUT2D eigenvalue weighted by molar-refractivity contribution is 5.79. The number of amides is 1. The average Bonchev–Trinajstić information content (AvgIpc) is 2.38. The lowest BCUT2D eigenvalue weighted by Crippen LogP contribution is -2.38. The van der Waals surface area contributed by atoms with Gasteiger partial charge >= 0.3 is 0 Å². The average molecular weight is 252 g/mol. The zero-order valence-electron chi connectivity index (χ0n) is 11.0. The monoisotopic (exact) mass is 252 g/mol. The molecule has 1 rings (SSSR count). The van der Waals surface area contributed by atoms with E-state index >= 15 is 0 Å². The second kappa shape index (κ2) is 6.86. The normalized spacial score (nSPS) is 11.8. The first-order chi connectivity index (χ1) is 8.60. The molecule has 3 N–H and O–H groups in total. The minimum atomic E-state index is -0.0554. The Morgan fingerprint density at radius 3 is 2.56 bits per heavy atom. The third-order valence-electron chi connectivity index (χ3n) is 2.57. The van der Waals surface area contributed by atoms with Crippen LogP contribution < -0.4 is 20.5 Å². The van der Waals surface area contributed by atoms with Crippen LogP contribution in [0.3, 0.4) is 0 Å². The summed E-state index contributed by atoms with van der Waals surface area (Å²) in [6.45, 7) is 2.30. The predicted octanol–water partition coefficient (Wildman–Crippen LogP) is 0.710. The van der Waals surface area contributed by atoms with E-state index in [1.165, 1.54) is 0 Å². The van der Waals surface area contributed by atoms with Gasteiger partial charge in [0.25, 0.3) is 0 Å². The van der Waals surface area contributed by atoms with Gasteiger partial charge in [-0.25, -0.2) is 0 Å². The van der Waals surface area contributed by atoms with Crippen LogP contribution in [-0.2, 0) is 11.2 Å². The van der Waals surface area contributed by atoms with Crippen LogP contribution in [0.1, 0.15) is 12.5 Å². The van der Waals surface area contributed by atoms with E-state index in [9.17, 15) is 4.79 Å². The quantitative estimate of drug-likeness (QED) is 0.782. The number of carbonyl (C=O) groups excluding carboxylic acids is 1. The van der Waals surface area contributed by atoms with E-state index in [1.807, 2.05) is 13.0 Å². The lowest BCUT2D eigenvalue weighted by atomic mass is 10.1. The van der Waals surface area contributed by atoms with Gasteiger partial charge in [0.05, 0.1) is 20.6 Å². The molecule has 0 aliphatic rings. The Balaban J connectivity index is 2.70. The summed E-state index contributed by atoms with van der Waals surface area (Å²) >= 11 is 0. The van der Waals surface area contributed by atoms with Gasteiger partial charge in [0.2, 0.25) is 5.91 Å². The molecule has 1 unspecified atom stereocenters. The number of nitrogens with two attached hydrogens (primary N) is 1. The second-order valence-corrected chi connectivity index (χ2v) is 4.07. The minimum absolute atomic E-state index is 0.0161. The molecule has 0 aliphatic carbocycles. The maximum Gasteiger partial charge on any atom is 0.224 e. The number of carbonyl (C=O) groups is 1. The van der Waals surface area contributed by atoms with Crippen LogP contribution in [0.4, 0.5) is 0 Å². The first-order valence-corrected chi connectivity index (χ1v) is 5.81. The van der Waals surface area contributed by atoms with Crippen LogP contribution in [-0.4, -0.2) is 32.7 Å². The maximum atomic E-state index is 11.7. The van der Waals surface area contributed by atoms with Crippen molar-refractivity contribution in [3.63, 3.8) is 0 Å². The lowest BCUT2D eigenvalue weighted by molar-refractivity contribution is -0.120. The van der Waals surface area contributed by atoms with Crippen molar-refractivity contribution in [3.8, 4) is 11.5 Å². The molecule has 100 valence electrons. The molecule has 1 aromatic rings. The van der Waals surface area contributed by atoms with Crippen LogP contribution in [0.2, 0.25) is 0 Å². The standard InChI is InChI=1S/C13H20N2O3/c1-9(8-14)15-13(16)7-10-4-5-11(17-2)12(6-10)18-3/h4-6,9H,7-8,14H2,1-3H3,(H,15,16). The number of ether oxygens (including phenoxy) is 2. The van der Waals surface area contributed by atoms with Crippen molar-refractivity contribution in [1.29, 1.82) is 0 Å². The Hall–Kier alpha value is -1.75. The number of methoxy groups -OCH3 is 2. The summed E-state index contributed by atoms with van der Waals surface area (Å²) in [5.74, 6) is 1.21. The molecule has 18 heavy (non-hydrogen) atoms. The fourth-order valence-electron chi connectivity index (χ4n) is 1.56. The van der Waals surface area contributed by atoms with Crippen molar-refractivity contribution in [2.45, 2.75) is 19.4 Å². The molecule has 0 spiro atoms. The molecular weight excluding hydrogens is 232 g/mol. The summed E-state index contributed by atoms with van der Waals surface area (Å²) in [4.78, 5) is 11.7. The number of hydrogen-bond acceptors (Lipinski definition) is 4. The van der Waals surface area contributed by atoms with Gasteiger partial charge in [-0.1, -0.05) is 6.07 Å². The first-order valence-electron chi connectivity index (χ1n) is 5.81. The predicted molar refractivity (Wildman–Crippen MR) is 69.9 cm³/mol. The molecule has 1 atom stereocenters. The first kappa shape index (κ1) is 14.3. The zero-order valence-corrected chi connectivity index (χ0v) is 11.0. The van der Waals surface area contributed by atoms with Crippen LogP contribution in [0.15, 0.2) is 18.2 Å². The van der Waals surface area contributed by atoms with E-state index in [1.54, 1.807) is 26.4 Å².